The highest BCUT2D eigenvalue weighted by Crippen LogP contribution is 2.09. The quantitative estimate of drug-likeness (QED) is 0.464. The van der Waals surface area contributed by atoms with Gasteiger partial charge in [-0.15, -0.1) is 0 Å². The largest absolute Gasteiger partial charge is 0.548 e. The Kier molecular flexibility index (Phi) is 8.27. The fourth-order valence-electron chi connectivity index (χ4n) is 2.94. The number of aliphatic carboxylic acids is 3. The molecule has 1 heterocycles. The maximum atomic E-state index is 11.2. The standard InChI is InChI=1S/C16H29N3O6/c1-11(14(20)21)17-5-4-6-18(12(2)15(22)23)8-10-19(9-7-17)13(3)16(24)25/h11-13H,4-10H2,1-3H3,(H,20,21)(H,22,23)(H,24,25)/p-3. The molecule has 0 aromatic rings. The summed E-state index contributed by atoms with van der Waals surface area (Å²) in [5.74, 6) is -3.62. The Balaban J connectivity index is 2.94. The van der Waals surface area contributed by atoms with E-state index in [0.717, 1.165) is 0 Å². The van der Waals surface area contributed by atoms with Gasteiger partial charge < -0.3 is 29.7 Å². The smallest absolute Gasteiger partial charge is 0.0583 e. The molecule has 3 unspecified atom stereocenters. The third-order valence-electron chi connectivity index (χ3n) is 4.91. The maximum Gasteiger partial charge on any atom is 0.0583 e. The van der Waals surface area contributed by atoms with Crippen molar-refractivity contribution in [1.29, 1.82) is 0 Å². The molecule has 1 saturated heterocycles. The first-order chi connectivity index (χ1) is 11.6. The fourth-order valence-corrected chi connectivity index (χ4v) is 2.94. The molecule has 9 heteroatoms. The third kappa shape index (κ3) is 6.26. The van der Waals surface area contributed by atoms with E-state index in [9.17, 15) is 29.7 Å². The van der Waals surface area contributed by atoms with Crippen LogP contribution in [-0.4, -0.2) is 90.0 Å². The number of nitrogens with zero attached hydrogens (tertiary/aromatic N) is 3. The predicted octanol–water partition coefficient (Wildman–Crippen LogP) is -4.29. The lowest BCUT2D eigenvalue weighted by Crippen LogP contribution is -2.56. The highest BCUT2D eigenvalue weighted by atomic mass is 16.4. The Bertz CT molecular complexity index is 454. The van der Waals surface area contributed by atoms with Crippen LogP contribution in [0.3, 0.4) is 0 Å². The molecule has 3 atom stereocenters. The summed E-state index contributed by atoms with van der Waals surface area (Å²) in [5.41, 5.74) is 0. The van der Waals surface area contributed by atoms with E-state index in [1.165, 1.54) is 20.8 Å². The molecule has 0 aromatic heterocycles. The second-order valence-electron chi connectivity index (χ2n) is 6.45. The summed E-state index contributed by atoms with van der Waals surface area (Å²) in [6, 6.07) is -2.49. The van der Waals surface area contributed by atoms with Crippen molar-refractivity contribution in [1.82, 2.24) is 14.7 Å². The van der Waals surface area contributed by atoms with Crippen LogP contribution >= 0.6 is 0 Å². The van der Waals surface area contributed by atoms with Gasteiger partial charge in [-0.25, -0.2) is 0 Å². The summed E-state index contributed by atoms with van der Waals surface area (Å²) in [6.07, 6.45) is 0.589. The van der Waals surface area contributed by atoms with E-state index in [2.05, 4.69) is 0 Å². The van der Waals surface area contributed by atoms with Gasteiger partial charge in [0.15, 0.2) is 0 Å². The summed E-state index contributed by atoms with van der Waals surface area (Å²) in [7, 11) is 0. The molecule has 25 heavy (non-hydrogen) atoms. The van der Waals surface area contributed by atoms with Gasteiger partial charge in [0.2, 0.25) is 0 Å². The van der Waals surface area contributed by atoms with E-state index in [-0.39, 0.29) is 0 Å². The lowest BCUT2D eigenvalue weighted by molar-refractivity contribution is -0.314. The molecule has 144 valence electrons. The monoisotopic (exact) mass is 356 g/mol. The molecule has 0 amide bonds. The van der Waals surface area contributed by atoms with Gasteiger partial charge in [-0.1, -0.05) is 0 Å². The third-order valence-corrected chi connectivity index (χ3v) is 4.91. The van der Waals surface area contributed by atoms with E-state index in [4.69, 9.17) is 0 Å². The first kappa shape index (κ1) is 21.3. The molecule has 0 saturated carbocycles. The van der Waals surface area contributed by atoms with E-state index >= 15 is 0 Å². The summed E-state index contributed by atoms with van der Waals surface area (Å²) < 4.78 is 0. The minimum Gasteiger partial charge on any atom is -0.548 e. The van der Waals surface area contributed by atoms with Crippen molar-refractivity contribution in [2.75, 3.05) is 39.3 Å². The molecular formula is C16H26N3O6-3. The van der Waals surface area contributed by atoms with Gasteiger partial charge >= 0.3 is 0 Å². The number of carbonyl (C=O) groups excluding carboxylic acids is 3. The number of rotatable bonds is 6. The highest BCUT2D eigenvalue weighted by Gasteiger charge is 2.23. The second-order valence-corrected chi connectivity index (χ2v) is 6.45. The molecule has 1 aliphatic heterocycles. The molecule has 1 aliphatic rings. The van der Waals surface area contributed by atoms with Gasteiger partial charge in [0.25, 0.3) is 0 Å². The minimum atomic E-state index is -1.23. The summed E-state index contributed by atoms with van der Waals surface area (Å²) in [5, 5.41) is 33.5. The van der Waals surface area contributed by atoms with Crippen LogP contribution in [0.25, 0.3) is 0 Å². The molecule has 0 N–H and O–H groups in total. The van der Waals surface area contributed by atoms with Crippen molar-refractivity contribution in [3.63, 3.8) is 0 Å². The lowest BCUT2D eigenvalue weighted by Gasteiger charge is -2.39. The zero-order valence-electron chi connectivity index (χ0n) is 15.0. The zero-order chi connectivity index (χ0) is 19.1. The van der Waals surface area contributed by atoms with Crippen LogP contribution in [0.15, 0.2) is 0 Å². The minimum absolute atomic E-state index is 0.334. The molecule has 0 aliphatic carbocycles. The average Bonchev–Trinajstić information content (AvgIpc) is 2.56. The first-order valence-corrected chi connectivity index (χ1v) is 8.49. The Hall–Kier alpha value is -1.71. The van der Waals surface area contributed by atoms with E-state index < -0.39 is 36.0 Å². The van der Waals surface area contributed by atoms with Gasteiger partial charge in [-0.3, -0.25) is 14.7 Å². The Morgan fingerprint density at radius 1 is 0.600 bits per heavy atom. The number of hydrogen-bond donors (Lipinski definition) is 0. The van der Waals surface area contributed by atoms with Crippen molar-refractivity contribution in [3.05, 3.63) is 0 Å². The Morgan fingerprint density at radius 2 is 0.840 bits per heavy atom. The SMILES string of the molecule is CC(C(=O)[O-])N1CCCN(C(C)C(=O)[O-])CCN(C(C)C(=O)[O-])CC1. The van der Waals surface area contributed by atoms with E-state index in [1.54, 1.807) is 14.7 Å². The molecule has 1 rings (SSSR count). The van der Waals surface area contributed by atoms with Crippen LogP contribution in [0.4, 0.5) is 0 Å². The Labute approximate surface area is 147 Å². The zero-order valence-corrected chi connectivity index (χ0v) is 15.0. The topological polar surface area (TPSA) is 130 Å². The normalized spacial score (nSPS) is 22.7. The fraction of sp³-hybridized carbons (Fsp3) is 0.812. The number of hydrogen-bond acceptors (Lipinski definition) is 9. The average molecular weight is 356 g/mol. The molecule has 0 bridgehead atoms. The van der Waals surface area contributed by atoms with E-state index in [1.807, 2.05) is 0 Å². The summed E-state index contributed by atoms with van der Waals surface area (Å²) >= 11 is 0. The van der Waals surface area contributed by atoms with Gasteiger partial charge in [0, 0.05) is 57.4 Å². The van der Waals surface area contributed by atoms with Gasteiger partial charge in [-0.2, -0.15) is 0 Å². The van der Waals surface area contributed by atoms with Crippen LogP contribution < -0.4 is 15.3 Å². The lowest BCUT2D eigenvalue weighted by atomic mass is 10.2. The van der Waals surface area contributed by atoms with Crippen LogP contribution in [0.2, 0.25) is 0 Å². The number of carbonyl (C=O) groups is 3. The predicted molar refractivity (Wildman–Crippen MR) is 82.7 cm³/mol. The van der Waals surface area contributed by atoms with Crippen molar-refractivity contribution < 1.29 is 29.7 Å². The van der Waals surface area contributed by atoms with Crippen molar-refractivity contribution in [3.8, 4) is 0 Å². The molecule has 0 spiro atoms. The van der Waals surface area contributed by atoms with Crippen LogP contribution in [0.1, 0.15) is 27.2 Å². The first-order valence-electron chi connectivity index (χ1n) is 8.49. The van der Waals surface area contributed by atoms with Crippen molar-refractivity contribution in [2.24, 2.45) is 0 Å². The molecule has 9 nitrogen and oxygen atoms in total. The van der Waals surface area contributed by atoms with Gasteiger partial charge in [0.1, 0.15) is 0 Å². The summed E-state index contributed by atoms with van der Waals surface area (Å²) in [4.78, 5) is 38.6. The number of carboxylic acids is 3. The van der Waals surface area contributed by atoms with Crippen LogP contribution in [0.5, 0.6) is 0 Å². The molecule has 0 aromatic carbocycles. The van der Waals surface area contributed by atoms with Gasteiger partial charge in [-0.05, 0) is 27.2 Å². The highest BCUT2D eigenvalue weighted by molar-refractivity contribution is 5.71. The van der Waals surface area contributed by atoms with E-state index in [0.29, 0.717) is 45.7 Å². The van der Waals surface area contributed by atoms with Gasteiger partial charge in [0.05, 0.1) is 17.9 Å². The van der Waals surface area contributed by atoms with Crippen molar-refractivity contribution in [2.45, 2.75) is 45.3 Å². The number of carboxylic acid groups (broad SMARTS) is 3. The van der Waals surface area contributed by atoms with Crippen LogP contribution in [0, 0.1) is 0 Å². The molecule has 1 fully saturated rings. The molecule has 0 radical (unpaired) electrons. The second kappa shape index (κ2) is 9.69. The van der Waals surface area contributed by atoms with Crippen LogP contribution in [-0.2, 0) is 14.4 Å². The molecular weight excluding hydrogens is 330 g/mol. The van der Waals surface area contributed by atoms with Crippen molar-refractivity contribution >= 4 is 17.9 Å². The summed E-state index contributed by atoms with van der Waals surface area (Å²) in [6.45, 7) is 6.86. The maximum absolute atomic E-state index is 11.2. The Morgan fingerprint density at radius 3 is 1.08 bits per heavy atom.